The van der Waals surface area contributed by atoms with Gasteiger partial charge >= 0.3 is 11.9 Å². The third-order valence-corrected chi connectivity index (χ3v) is 3.77. The number of methoxy groups -OCH3 is 2. The Morgan fingerprint density at radius 2 is 1.50 bits per heavy atom. The van der Waals surface area contributed by atoms with E-state index in [0.717, 1.165) is 20.3 Å². The molecule has 22 heavy (non-hydrogen) atoms. The molecule has 0 amide bonds. The fraction of sp³-hybridized carbons (Fsp3) is 0.200. The first-order chi connectivity index (χ1) is 10.4. The first-order valence-electron chi connectivity index (χ1n) is 6.13. The number of carbonyl (C=O) groups excluding carboxylic acids is 4. The lowest BCUT2D eigenvalue weighted by molar-refractivity contribution is -0.154. The summed E-state index contributed by atoms with van der Waals surface area (Å²) in [5, 5.41) is 0. The number of carbonyl (C=O) groups is 4. The van der Waals surface area contributed by atoms with Crippen LogP contribution in [-0.2, 0) is 19.1 Å². The van der Waals surface area contributed by atoms with Crippen LogP contribution >= 0.6 is 11.6 Å². The molecule has 1 aromatic carbocycles. The number of allylic oxidation sites excluding steroid dienone is 1. The molecule has 0 unspecified atom stereocenters. The average molecular weight is 323 g/mol. The van der Waals surface area contributed by atoms with Gasteiger partial charge in [0.05, 0.1) is 14.2 Å². The summed E-state index contributed by atoms with van der Waals surface area (Å²) < 4.78 is 8.97. The minimum atomic E-state index is -2.52. The van der Waals surface area contributed by atoms with Crippen molar-refractivity contribution in [3.8, 4) is 0 Å². The van der Waals surface area contributed by atoms with Crippen LogP contribution in [0.15, 0.2) is 35.9 Å². The number of rotatable bonds is 3. The fourth-order valence-corrected chi connectivity index (χ4v) is 2.45. The number of ether oxygens (including phenoxy) is 2. The van der Waals surface area contributed by atoms with Crippen LogP contribution in [0.1, 0.15) is 20.7 Å². The monoisotopic (exact) mass is 322 g/mol. The van der Waals surface area contributed by atoms with E-state index in [1.54, 1.807) is 12.1 Å². The Hall–Kier alpha value is -2.47. The maximum atomic E-state index is 12.5. The molecule has 114 valence electrons. The molecule has 1 aliphatic rings. The normalized spacial score (nSPS) is 14.0. The smallest absolute Gasteiger partial charge is 0.343 e. The Kier molecular flexibility index (Phi) is 4.14. The highest BCUT2D eigenvalue weighted by Crippen LogP contribution is 2.34. The first kappa shape index (κ1) is 15.9. The van der Waals surface area contributed by atoms with Crippen LogP contribution < -0.4 is 0 Å². The van der Waals surface area contributed by atoms with E-state index < -0.39 is 34.0 Å². The zero-order chi connectivity index (χ0) is 16.5. The summed E-state index contributed by atoms with van der Waals surface area (Å²) in [7, 11) is 2.01. The topological polar surface area (TPSA) is 86.7 Å². The molecule has 2 rings (SSSR count). The number of hydrogen-bond donors (Lipinski definition) is 0. The van der Waals surface area contributed by atoms with E-state index in [4.69, 9.17) is 11.6 Å². The van der Waals surface area contributed by atoms with E-state index in [-0.39, 0.29) is 11.1 Å². The molecule has 0 aromatic heterocycles. The van der Waals surface area contributed by atoms with Gasteiger partial charge in [-0.25, -0.2) is 9.59 Å². The van der Waals surface area contributed by atoms with E-state index in [1.165, 1.54) is 12.1 Å². The molecule has 0 heterocycles. The van der Waals surface area contributed by atoms with Crippen molar-refractivity contribution in [2.24, 2.45) is 0 Å². The second-order valence-electron chi connectivity index (χ2n) is 4.44. The van der Waals surface area contributed by atoms with Gasteiger partial charge in [0.1, 0.15) is 0 Å². The largest absolute Gasteiger partial charge is 0.467 e. The van der Waals surface area contributed by atoms with Gasteiger partial charge in [-0.1, -0.05) is 35.9 Å². The highest BCUT2D eigenvalue weighted by Gasteiger charge is 2.54. The van der Waals surface area contributed by atoms with Crippen LogP contribution in [-0.4, -0.2) is 42.6 Å². The Morgan fingerprint density at radius 3 is 2.00 bits per heavy atom. The average Bonchev–Trinajstić information content (AvgIpc) is 2.55. The highest BCUT2D eigenvalue weighted by atomic mass is 35.5. The lowest BCUT2D eigenvalue weighted by atomic mass is 9.83. The number of Topliss-reactive ketones (excluding diaryl/α,β-unsaturated/α-hetero) is 1. The minimum Gasteiger partial charge on any atom is -0.467 e. The number of ketones is 2. The van der Waals surface area contributed by atoms with Crippen molar-refractivity contribution in [2.45, 2.75) is 4.87 Å². The van der Waals surface area contributed by atoms with Gasteiger partial charge in [-0.2, -0.15) is 0 Å². The second-order valence-corrected chi connectivity index (χ2v) is 5.01. The molecular weight excluding hydrogens is 312 g/mol. The van der Waals surface area contributed by atoms with Crippen LogP contribution in [0.4, 0.5) is 0 Å². The summed E-state index contributed by atoms with van der Waals surface area (Å²) in [5.41, 5.74) is -0.260. The Bertz CT molecular complexity index is 702. The minimum absolute atomic E-state index is 0.0582. The van der Waals surface area contributed by atoms with Crippen LogP contribution in [0, 0.1) is 0 Å². The fourth-order valence-electron chi connectivity index (χ4n) is 2.16. The predicted molar refractivity (Wildman–Crippen MR) is 75.8 cm³/mol. The van der Waals surface area contributed by atoms with E-state index in [0.29, 0.717) is 0 Å². The third-order valence-electron chi connectivity index (χ3n) is 3.26. The summed E-state index contributed by atoms with van der Waals surface area (Å²) in [6, 6.07) is 6.03. The van der Waals surface area contributed by atoms with Gasteiger partial charge in [0, 0.05) is 16.7 Å². The summed E-state index contributed by atoms with van der Waals surface area (Å²) in [4.78, 5) is 46.0. The van der Waals surface area contributed by atoms with Crippen LogP contribution in [0.3, 0.4) is 0 Å². The van der Waals surface area contributed by atoms with Gasteiger partial charge < -0.3 is 9.47 Å². The zero-order valence-corrected chi connectivity index (χ0v) is 12.5. The Balaban J connectivity index is 2.65. The molecule has 0 saturated carbocycles. The number of fused-ring (bicyclic) bond motifs is 1. The number of halogens is 1. The summed E-state index contributed by atoms with van der Waals surface area (Å²) in [5.74, 6) is -3.65. The van der Waals surface area contributed by atoms with Gasteiger partial charge in [0.25, 0.3) is 4.87 Å². The molecule has 0 spiro atoms. The van der Waals surface area contributed by atoms with Crippen molar-refractivity contribution in [3.05, 3.63) is 47.0 Å². The Morgan fingerprint density at radius 1 is 1.00 bits per heavy atom. The van der Waals surface area contributed by atoms with Gasteiger partial charge in [-0.05, 0) is 6.08 Å². The maximum Gasteiger partial charge on any atom is 0.343 e. The van der Waals surface area contributed by atoms with E-state index in [9.17, 15) is 19.2 Å². The molecule has 0 aliphatic heterocycles. The van der Waals surface area contributed by atoms with Crippen molar-refractivity contribution < 1.29 is 28.7 Å². The number of alkyl halides is 1. The SMILES string of the molecule is COC(=O)C(Cl)(C(=O)OC)C1=CC(=O)c2ccccc2C1=O. The summed E-state index contributed by atoms with van der Waals surface area (Å²) >= 11 is 6.06. The molecule has 0 saturated heterocycles. The van der Waals surface area contributed by atoms with Gasteiger partial charge in [-0.3, -0.25) is 9.59 Å². The van der Waals surface area contributed by atoms with E-state index in [1.807, 2.05) is 0 Å². The quantitative estimate of drug-likeness (QED) is 0.474. The molecule has 0 fully saturated rings. The van der Waals surface area contributed by atoms with Crippen molar-refractivity contribution >= 4 is 35.1 Å². The molecule has 1 aliphatic carbocycles. The van der Waals surface area contributed by atoms with Crippen LogP contribution in [0.5, 0.6) is 0 Å². The molecular formula is C15H11ClO6. The highest BCUT2D eigenvalue weighted by molar-refractivity contribution is 6.51. The zero-order valence-electron chi connectivity index (χ0n) is 11.7. The molecule has 7 heteroatoms. The molecule has 0 radical (unpaired) electrons. The van der Waals surface area contributed by atoms with E-state index >= 15 is 0 Å². The van der Waals surface area contributed by atoms with Crippen LogP contribution in [0.2, 0.25) is 0 Å². The second kappa shape index (κ2) is 5.73. The molecule has 0 N–H and O–H groups in total. The predicted octanol–water partition coefficient (Wildman–Crippen LogP) is 1.32. The van der Waals surface area contributed by atoms with Gasteiger partial charge in [-0.15, -0.1) is 0 Å². The van der Waals surface area contributed by atoms with Crippen LogP contribution in [0.25, 0.3) is 0 Å². The van der Waals surface area contributed by atoms with Crippen molar-refractivity contribution in [1.29, 1.82) is 0 Å². The van der Waals surface area contributed by atoms with Gasteiger partial charge in [0.15, 0.2) is 11.6 Å². The van der Waals surface area contributed by atoms with Crippen molar-refractivity contribution in [3.63, 3.8) is 0 Å². The summed E-state index contributed by atoms with van der Waals surface area (Å²) in [6.45, 7) is 0. The third kappa shape index (κ3) is 2.21. The number of benzene rings is 1. The van der Waals surface area contributed by atoms with Crippen molar-refractivity contribution in [2.75, 3.05) is 14.2 Å². The molecule has 1 aromatic rings. The Labute approximate surface area is 130 Å². The first-order valence-corrected chi connectivity index (χ1v) is 6.51. The lowest BCUT2D eigenvalue weighted by Gasteiger charge is -2.26. The summed E-state index contributed by atoms with van der Waals surface area (Å²) in [6.07, 6.45) is 0.867. The molecule has 0 atom stereocenters. The van der Waals surface area contributed by atoms with Gasteiger partial charge in [0.2, 0.25) is 0 Å². The van der Waals surface area contributed by atoms with E-state index in [2.05, 4.69) is 9.47 Å². The molecule has 0 bridgehead atoms. The lowest BCUT2D eigenvalue weighted by Crippen LogP contribution is -2.48. The number of esters is 2. The number of hydrogen-bond acceptors (Lipinski definition) is 6. The molecule has 6 nitrogen and oxygen atoms in total. The standard InChI is InChI=1S/C15H11ClO6/c1-21-13(19)15(16,14(20)22-2)10-7-11(17)8-5-3-4-6-9(8)12(10)18/h3-7H,1-2H3. The maximum absolute atomic E-state index is 12.5. The van der Waals surface area contributed by atoms with Crippen molar-refractivity contribution in [1.82, 2.24) is 0 Å².